The molecule has 0 aromatic carbocycles. The van der Waals surface area contributed by atoms with Crippen molar-refractivity contribution in [1.82, 2.24) is 0 Å². The van der Waals surface area contributed by atoms with Crippen molar-refractivity contribution in [3.05, 3.63) is 11.4 Å². The summed E-state index contributed by atoms with van der Waals surface area (Å²) in [6, 6.07) is 0. The lowest BCUT2D eigenvalue weighted by Crippen LogP contribution is -2.45. The van der Waals surface area contributed by atoms with E-state index in [1.807, 2.05) is 0 Å². The molecule has 2 saturated carbocycles. The van der Waals surface area contributed by atoms with E-state index in [2.05, 4.69) is 11.7 Å². The third-order valence-corrected chi connectivity index (χ3v) is 6.80. The Labute approximate surface area is 156 Å². The summed E-state index contributed by atoms with van der Waals surface area (Å²) in [7, 11) is 0. The first-order valence-corrected chi connectivity index (χ1v) is 10.0. The zero-order chi connectivity index (χ0) is 19.8. The Morgan fingerprint density at radius 1 is 0.889 bits per heavy atom. The SMILES string of the molecule is CC1CCC(C2CCC(C3CC(F)C(OC(F)(F)F)C(F)C3)=C(F)C2)CC1. The number of allylic oxidation sites excluding steroid dienone is 2. The van der Waals surface area contributed by atoms with Crippen LogP contribution in [-0.4, -0.2) is 24.8 Å². The Kier molecular flexibility index (Phi) is 6.48. The molecule has 0 amide bonds. The number of ether oxygens (including phenoxy) is 1. The fourth-order valence-electron chi connectivity index (χ4n) is 5.25. The van der Waals surface area contributed by atoms with E-state index in [1.165, 1.54) is 0 Å². The van der Waals surface area contributed by atoms with Gasteiger partial charge in [0.1, 0.15) is 18.4 Å². The van der Waals surface area contributed by atoms with Gasteiger partial charge in [0.15, 0.2) is 0 Å². The van der Waals surface area contributed by atoms with Crippen LogP contribution in [0.4, 0.5) is 26.3 Å². The van der Waals surface area contributed by atoms with E-state index in [0.717, 1.165) is 38.0 Å². The summed E-state index contributed by atoms with van der Waals surface area (Å²) in [6.45, 7) is 2.23. The molecule has 3 rings (SSSR count). The average molecular weight is 398 g/mol. The molecular weight excluding hydrogens is 370 g/mol. The lowest BCUT2D eigenvalue weighted by molar-refractivity contribution is -0.358. The van der Waals surface area contributed by atoms with Gasteiger partial charge in [-0.3, -0.25) is 4.74 Å². The number of hydrogen-bond acceptors (Lipinski definition) is 1. The highest BCUT2D eigenvalue weighted by Gasteiger charge is 2.47. The molecule has 156 valence electrons. The third-order valence-electron chi connectivity index (χ3n) is 6.80. The molecule has 2 fully saturated rings. The van der Waals surface area contributed by atoms with Gasteiger partial charge in [0.25, 0.3) is 0 Å². The lowest BCUT2D eigenvalue weighted by atomic mass is 9.69. The van der Waals surface area contributed by atoms with Crippen LogP contribution < -0.4 is 0 Å². The third kappa shape index (κ3) is 5.21. The molecule has 0 N–H and O–H groups in total. The second-order valence-electron chi connectivity index (χ2n) is 8.68. The highest BCUT2D eigenvalue weighted by molar-refractivity contribution is 5.18. The van der Waals surface area contributed by atoms with Crippen LogP contribution in [0, 0.1) is 23.7 Å². The molecule has 3 atom stereocenters. The minimum absolute atomic E-state index is 0.272. The highest BCUT2D eigenvalue weighted by Crippen LogP contribution is 2.46. The standard InChI is InChI=1S/C20H28F6O/c1-11-2-4-12(5-3-11)13-6-7-15(16(21)8-13)14-9-17(22)19(18(23)10-14)27-20(24,25)26/h11-14,17-19H,2-10H2,1H3. The van der Waals surface area contributed by atoms with Crippen molar-refractivity contribution < 1.29 is 31.1 Å². The van der Waals surface area contributed by atoms with Crippen LogP contribution in [0.15, 0.2) is 11.4 Å². The maximum absolute atomic E-state index is 14.8. The first-order chi connectivity index (χ1) is 12.6. The first-order valence-electron chi connectivity index (χ1n) is 10.0. The van der Waals surface area contributed by atoms with E-state index >= 15 is 0 Å². The normalized spacial score (nSPS) is 41.7. The molecule has 0 heterocycles. The van der Waals surface area contributed by atoms with Gasteiger partial charge in [0, 0.05) is 6.42 Å². The molecule has 0 aliphatic heterocycles. The van der Waals surface area contributed by atoms with Gasteiger partial charge in [-0.25, -0.2) is 13.2 Å². The molecule has 3 aliphatic rings. The molecule has 0 aromatic heterocycles. The summed E-state index contributed by atoms with van der Waals surface area (Å²) in [5.41, 5.74) is 0.422. The van der Waals surface area contributed by atoms with E-state index < -0.39 is 30.7 Å². The Balaban J connectivity index is 1.61. The van der Waals surface area contributed by atoms with E-state index in [0.29, 0.717) is 24.3 Å². The van der Waals surface area contributed by atoms with Crippen LogP contribution in [0.1, 0.15) is 64.7 Å². The number of rotatable bonds is 3. The van der Waals surface area contributed by atoms with E-state index in [9.17, 15) is 26.3 Å². The summed E-state index contributed by atoms with van der Waals surface area (Å²) < 4.78 is 83.6. The van der Waals surface area contributed by atoms with Gasteiger partial charge in [-0.15, -0.1) is 13.2 Å². The Bertz CT molecular complexity index is 525. The van der Waals surface area contributed by atoms with Crippen molar-refractivity contribution in [2.45, 2.75) is 89.5 Å². The Morgan fingerprint density at radius 3 is 2.00 bits per heavy atom. The van der Waals surface area contributed by atoms with Crippen molar-refractivity contribution >= 4 is 0 Å². The van der Waals surface area contributed by atoms with Gasteiger partial charge in [-0.1, -0.05) is 19.8 Å². The molecule has 0 aromatic rings. The van der Waals surface area contributed by atoms with Crippen molar-refractivity contribution in [3.63, 3.8) is 0 Å². The lowest BCUT2D eigenvalue weighted by Gasteiger charge is -2.39. The Morgan fingerprint density at radius 2 is 1.48 bits per heavy atom. The molecular formula is C20H28F6O. The maximum atomic E-state index is 14.8. The van der Waals surface area contributed by atoms with Crippen molar-refractivity contribution in [1.29, 1.82) is 0 Å². The molecule has 27 heavy (non-hydrogen) atoms. The smallest absolute Gasteiger partial charge is 0.282 e. The quantitative estimate of drug-likeness (QED) is 0.474. The van der Waals surface area contributed by atoms with Gasteiger partial charge >= 0.3 is 6.36 Å². The van der Waals surface area contributed by atoms with Gasteiger partial charge in [0.05, 0.1) is 5.83 Å². The molecule has 7 heteroatoms. The van der Waals surface area contributed by atoms with Crippen LogP contribution in [-0.2, 0) is 4.74 Å². The number of hydrogen-bond donors (Lipinski definition) is 0. The van der Waals surface area contributed by atoms with Crippen molar-refractivity contribution in [2.75, 3.05) is 0 Å². The van der Waals surface area contributed by atoms with Gasteiger partial charge < -0.3 is 0 Å². The highest BCUT2D eigenvalue weighted by atomic mass is 19.4. The minimum atomic E-state index is -5.08. The van der Waals surface area contributed by atoms with Crippen LogP contribution >= 0.6 is 0 Å². The Hall–Kier alpha value is -0.720. The fraction of sp³-hybridized carbons (Fsp3) is 0.900. The first kappa shape index (κ1) is 21.0. The number of alkyl halides is 5. The van der Waals surface area contributed by atoms with E-state index in [1.54, 1.807) is 0 Å². The summed E-state index contributed by atoms with van der Waals surface area (Å²) in [6.07, 6.45) is -5.92. The predicted molar refractivity (Wildman–Crippen MR) is 90.0 cm³/mol. The maximum Gasteiger partial charge on any atom is 0.522 e. The van der Waals surface area contributed by atoms with Gasteiger partial charge in [0.2, 0.25) is 0 Å². The van der Waals surface area contributed by atoms with Crippen LogP contribution in [0.5, 0.6) is 0 Å². The monoisotopic (exact) mass is 398 g/mol. The van der Waals surface area contributed by atoms with Gasteiger partial charge in [-0.05, 0) is 67.8 Å². The average Bonchev–Trinajstić information content (AvgIpc) is 2.58. The summed E-state index contributed by atoms with van der Waals surface area (Å²) >= 11 is 0. The molecule has 0 radical (unpaired) electrons. The van der Waals surface area contributed by atoms with Gasteiger partial charge in [-0.2, -0.15) is 0 Å². The van der Waals surface area contributed by atoms with Crippen LogP contribution in [0.3, 0.4) is 0 Å². The summed E-state index contributed by atoms with van der Waals surface area (Å²) in [5.74, 6) is 0.540. The largest absolute Gasteiger partial charge is 0.522 e. The number of halogens is 6. The molecule has 1 nitrogen and oxygen atoms in total. The molecule has 3 unspecified atom stereocenters. The van der Waals surface area contributed by atoms with Crippen LogP contribution in [0.2, 0.25) is 0 Å². The topological polar surface area (TPSA) is 9.23 Å². The van der Waals surface area contributed by atoms with E-state index in [4.69, 9.17) is 0 Å². The molecule has 0 bridgehead atoms. The van der Waals surface area contributed by atoms with Crippen LogP contribution in [0.25, 0.3) is 0 Å². The van der Waals surface area contributed by atoms with E-state index in [-0.39, 0.29) is 24.6 Å². The molecule has 0 spiro atoms. The fourth-order valence-corrected chi connectivity index (χ4v) is 5.25. The van der Waals surface area contributed by atoms with Crippen molar-refractivity contribution in [3.8, 4) is 0 Å². The second kappa shape index (κ2) is 8.34. The summed E-state index contributed by atoms with van der Waals surface area (Å²) in [4.78, 5) is 0. The second-order valence-corrected chi connectivity index (χ2v) is 8.68. The molecule has 0 saturated heterocycles. The summed E-state index contributed by atoms with van der Waals surface area (Å²) in [5, 5.41) is 0. The molecule has 3 aliphatic carbocycles. The predicted octanol–water partition coefficient (Wildman–Crippen LogP) is 6.83. The minimum Gasteiger partial charge on any atom is -0.282 e. The zero-order valence-electron chi connectivity index (χ0n) is 15.6. The zero-order valence-corrected chi connectivity index (χ0v) is 15.6. The van der Waals surface area contributed by atoms with Crippen molar-refractivity contribution in [2.24, 2.45) is 23.7 Å².